The van der Waals surface area contributed by atoms with E-state index >= 15 is 0 Å². The highest BCUT2D eigenvalue weighted by molar-refractivity contribution is 6.51. The molecule has 4 aliphatic rings. The molecular formula is C20H31BF3O-. The lowest BCUT2D eigenvalue weighted by Gasteiger charge is -2.64. The molecular weight excluding hydrogens is 324 g/mol. The van der Waals surface area contributed by atoms with Gasteiger partial charge < -0.3 is 17.6 Å². The Hall–Kier alpha value is -0.445. The van der Waals surface area contributed by atoms with Crippen LogP contribution in [-0.2, 0) is 4.65 Å². The first-order chi connectivity index (χ1) is 11.5. The highest BCUT2D eigenvalue weighted by Crippen LogP contribution is 2.71. The Bertz CT molecular complexity index is 586. The first kappa shape index (κ1) is 17.9. The maximum Gasteiger partial charge on any atom is 0.637 e. The van der Waals surface area contributed by atoms with Crippen LogP contribution in [0, 0.1) is 33.5 Å². The second-order valence-electron chi connectivity index (χ2n) is 10.5. The van der Waals surface area contributed by atoms with Gasteiger partial charge in [0, 0.05) is 12.0 Å². The van der Waals surface area contributed by atoms with Crippen molar-refractivity contribution in [1.29, 1.82) is 0 Å². The summed E-state index contributed by atoms with van der Waals surface area (Å²) in [5, 5.41) is 0. The average Bonchev–Trinajstić information content (AvgIpc) is 2.76. The van der Waals surface area contributed by atoms with Crippen molar-refractivity contribution in [3.05, 3.63) is 12.2 Å². The van der Waals surface area contributed by atoms with Crippen molar-refractivity contribution in [2.75, 3.05) is 6.61 Å². The molecule has 0 aromatic carbocycles. The molecule has 0 radical (unpaired) electrons. The lowest BCUT2D eigenvalue weighted by Crippen LogP contribution is -2.56. The zero-order valence-electron chi connectivity index (χ0n) is 15.8. The SMILES string of the molecule is CC1(C)CCC[C@@]2(C)[C@H]1CC[C@]13C=C[C@](CO[B-](F)(F)F)(CC[C@@H]12)C3. The number of hydrogen-bond acceptors (Lipinski definition) is 1. The van der Waals surface area contributed by atoms with Gasteiger partial charge in [0.2, 0.25) is 0 Å². The lowest BCUT2D eigenvalue weighted by molar-refractivity contribution is -0.144. The molecule has 4 aliphatic carbocycles. The lowest BCUT2D eigenvalue weighted by atomic mass is 9.40. The van der Waals surface area contributed by atoms with E-state index in [0.29, 0.717) is 16.7 Å². The summed E-state index contributed by atoms with van der Waals surface area (Å²) in [6.07, 6.45) is 13.5. The molecule has 0 aromatic heterocycles. The van der Waals surface area contributed by atoms with Crippen molar-refractivity contribution < 1.29 is 17.6 Å². The topological polar surface area (TPSA) is 9.23 Å². The average molecular weight is 355 g/mol. The molecule has 4 rings (SSSR count). The van der Waals surface area contributed by atoms with Crippen LogP contribution in [0.3, 0.4) is 0 Å². The van der Waals surface area contributed by atoms with E-state index in [1.54, 1.807) is 0 Å². The third-order valence-corrected chi connectivity index (χ3v) is 8.61. The van der Waals surface area contributed by atoms with Gasteiger partial charge in [-0.25, -0.2) is 0 Å². The minimum atomic E-state index is -5.15. The molecule has 0 unspecified atom stereocenters. The van der Waals surface area contributed by atoms with Crippen molar-refractivity contribution in [3.63, 3.8) is 0 Å². The summed E-state index contributed by atoms with van der Waals surface area (Å²) in [5.74, 6) is 1.38. The van der Waals surface area contributed by atoms with Crippen LogP contribution < -0.4 is 0 Å². The first-order valence-electron chi connectivity index (χ1n) is 10.0. The Kier molecular flexibility index (Phi) is 3.80. The molecule has 25 heavy (non-hydrogen) atoms. The van der Waals surface area contributed by atoms with Gasteiger partial charge in [-0.3, -0.25) is 0 Å². The van der Waals surface area contributed by atoms with Gasteiger partial charge in [-0.2, -0.15) is 0 Å². The zero-order valence-corrected chi connectivity index (χ0v) is 15.8. The molecule has 0 aromatic rings. The Morgan fingerprint density at radius 3 is 2.40 bits per heavy atom. The molecule has 5 atom stereocenters. The number of allylic oxidation sites excluding steroid dienone is 1. The first-order valence-corrected chi connectivity index (χ1v) is 10.0. The van der Waals surface area contributed by atoms with Crippen LogP contribution in [0.1, 0.15) is 72.1 Å². The monoisotopic (exact) mass is 355 g/mol. The predicted octanol–water partition coefficient (Wildman–Crippen LogP) is 6.32. The van der Waals surface area contributed by atoms with Crippen molar-refractivity contribution in [2.24, 2.45) is 33.5 Å². The molecule has 1 spiro atoms. The standard InChI is InChI=1S/C20H31BF3O/c1-17(2)7-4-8-18(3)15(17)6-10-20-12-11-19(13-20,9-5-16(18)20)14-25-21(22,23)24/h11-12,15-16H,4-10,13-14H2,1-3H3/q-1/t15-,16+,18-,19+,20+/m0/s1. The summed E-state index contributed by atoms with van der Waals surface area (Å²) in [6.45, 7) is 7.19. The fourth-order valence-electron chi connectivity index (χ4n) is 7.73. The molecule has 3 saturated carbocycles. The maximum atomic E-state index is 12.6. The van der Waals surface area contributed by atoms with E-state index < -0.39 is 7.18 Å². The van der Waals surface area contributed by atoms with E-state index in [-0.39, 0.29) is 17.4 Å². The van der Waals surface area contributed by atoms with Crippen LogP contribution in [0.25, 0.3) is 0 Å². The summed E-state index contributed by atoms with van der Waals surface area (Å²) >= 11 is 0. The second-order valence-corrected chi connectivity index (χ2v) is 10.5. The Balaban J connectivity index is 1.59. The molecule has 3 fully saturated rings. The third kappa shape index (κ3) is 2.71. The largest absolute Gasteiger partial charge is 0.637 e. The highest BCUT2D eigenvalue weighted by Gasteiger charge is 2.63. The van der Waals surface area contributed by atoms with Gasteiger partial charge >= 0.3 is 7.18 Å². The van der Waals surface area contributed by atoms with E-state index in [9.17, 15) is 12.9 Å². The Morgan fingerprint density at radius 2 is 1.68 bits per heavy atom. The fourth-order valence-corrected chi connectivity index (χ4v) is 7.73. The van der Waals surface area contributed by atoms with Gasteiger partial charge in [0.25, 0.3) is 0 Å². The van der Waals surface area contributed by atoms with Gasteiger partial charge in [0.05, 0.1) is 0 Å². The van der Waals surface area contributed by atoms with E-state index in [2.05, 4.69) is 37.6 Å². The molecule has 2 bridgehead atoms. The molecule has 0 aliphatic heterocycles. The van der Waals surface area contributed by atoms with Crippen molar-refractivity contribution in [2.45, 2.75) is 72.1 Å². The zero-order chi connectivity index (χ0) is 18.1. The fraction of sp³-hybridized carbons (Fsp3) is 0.900. The van der Waals surface area contributed by atoms with Crippen LogP contribution in [0.5, 0.6) is 0 Å². The van der Waals surface area contributed by atoms with E-state index in [0.717, 1.165) is 31.6 Å². The minimum Gasteiger partial charge on any atom is -0.507 e. The number of rotatable bonds is 3. The summed E-state index contributed by atoms with van der Waals surface area (Å²) in [6, 6.07) is 0. The van der Waals surface area contributed by atoms with Gasteiger partial charge in [-0.15, -0.1) is 0 Å². The van der Waals surface area contributed by atoms with Gasteiger partial charge in [0.15, 0.2) is 0 Å². The Morgan fingerprint density at radius 1 is 0.960 bits per heavy atom. The molecule has 0 N–H and O–H groups in total. The van der Waals surface area contributed by atoms with Gasteiger partial charge in [0.1, 0.15) is 0 Å². The summed E-state index contributed by atoms with van der Waals surface area (Å²) in [5.41, 5.74) is 0.489. The molecule has 0 saturated heterocycles. The van der Waals surface area contributed by atoms with E-state index in [1.165, 1.54) is 25.7 Å². The van der Waals surface area contributed by atoms with Crippen molar-refractivity contribution in [3.8, 4) is 0 Å². The molecule has 0 amide bonds. The number of halogens is 3. The maximum absolute atomic E-state index is 12.6. The normalized spacial score (nSPS) is 48.1. The second kappa shape index (κ2) is 5.30. The number of hydrogen-bond donors (Lipinski definition) is 0. The summed E-state index contributed by atoms with van der Waals surface area (Å²) in [7, 11) is -5.15. The van der Waals surface area contributed by atoms with Gasteiger partial charge in [-0.1, -0.05) is 39.3 Å². The van der Waals surface area contributed by atoms with Gasteiger partial charge in [-0.05, 0) is 73.0 Å². The van der Waals surface area contributed by atoms with Crippen LogP contribution in [0.15, 0.2) is 12.2 Å². The minimum absolute atomic E-state index is 0.124. The predicted molar refractivity (Wildman–Crippen MR) is 94.8 cm³/mol. The summed E-state index contributed by atoms with van der Waals surface area (Å²) < 4.78 is 42.3. The molecule has 1 nitrogen and oxygen atoms in total. The van der Waals surface area contributed by atoms with Crippen LogP contribution in [0.4, 0.5) is 12.9 Å². The van der Waals surface area contributed by atoms with E-state index in [4.69, 9.17) is 0 Å². The molecule has 142 valence electrons. The highest BCUT2D eigenvalue weighted by atomic mass is 19.4. The number of fused-ring (bicyclic) bond motifs is 3. The molecule has 0 heterocycles. The Labute approximate surface area is 149 Å². The van der Waals surface area contributed by atoms with Crippen molar-refractivity contribution >= 4 is 7.18 Å². The van der Waals surface area contributed by atoms with Crippen molar-refractivity contribution in [1.82, 2.24) is 0 Å². The summed E-state index contributed by atoms with van der Waals surface area (Å²) in [4.78, 5) is 0. The van der Waals surface area contributed by atoms with Crippen LogP contribution in [-0.4, -0.2) is 13.8 Å². The third-order valence-electron chi connectivity index (χ3n) is 8.61. The quantitative estimate of drug-likeness (QED) is 0.425. The van der Waals surface area contributed by atoms with E-state index in [1.807, 2.05) is 0 Å². The molecule has 5 heteroatoms. The van der Waals surface area contributed by atoms with Crippen LogP contribution >= 0.6 is 0 Å². The van der Waals surface area contributed by atoms with Crippen LogP contribution in [0.2, 0.25) is 0 Å². The smallest absolute Gasteiger partial charge is 0.507 e.